The van der Waals surface area contributed by atoms with E-state index in [-0.39, 0.29) is 0 Å². The van der Waals surface area contributed by atoms with E-state index in [1.165, 1.54) is 11.1 Å². The van der Waals surface area contributed by atoms with Crippen LogP contribution in [-0.2, 0) is 6.42 Å². The molecule has 0 bridgehead atoms. The summed E-state index contributed by atoms with van der Waals surface area (Å²) in [5, 5.41) is 12.5. The van der Waals surface area contributed by atoms with E-state index in [1.54, 1.807) is 0 Å². The predicted molar refractivity (Wildman–Crippen MR) is 75.6 cm³/mol. The molecule has 2 aromatic rings. The molecule has 0 aliphatic heterocycles. The van der Waals surface area contributed by atoms with E-state index in [0.29, 0.717) is 6.42 Å². The van der Waals surface area contributed by atoms with Crippen LogP contribution in [0.25, 0.3) is 0 Å². The van der Waals surface area contributed by atoms with Crippen LogP contribution in [0.1, 0.15) is 24.5 Å². The Morgan fingerprint density at radius 1 is 0.944 bits per heavy atom. The molecule has 94 valence electrons. The number of hydrogen-bond donors (Lipinski definition) is 2. The molecule has 0 aromatic heterocycles. The van der Waals surface area contributed by atoms with E-state index in [0.717, 1.165) is 12.1 Å². The van der Waals surface area contributed by atoms with Gasteiger partial charge in [0.1, 0.15) is 6.23 Å². The highest BCUT2D eigenvalue weighted by Crippen LogP contribution is 2.14. The summed E-state index contributed by atoms with van der Waals surface area (Å²) < 4.78 is 0. The Balaban J connectivity index is 2.00. The highest BCUT2D eigenvalue weighted by Gasteiger charge is 2.00. The molecule has 0 fully saturated rings. The first kappa shape index (κ1) is 12.7. The van der Waals surface area contributed by atoms with E-state index in [2.05, 4.69) is 41.7 Å². The van der Waals surface area contributed by atoms with Crippen molar-refractivity contribution in [3.05, 3.63) is 65.7 Å². The lowest BCUT2D eigenvalue weighted by molar-refractivity contribution is 0.199. The van der Waals surface area contributed by atoms with E-state index in [4.69, 9.17) is 0 Å². The fourth-order valence-corrected chi connectivity index (χ4v) is 1.84. The summed E-state index contributed by atoms with van der Waals surface area (Å²) in [6.07, 6.45) is 1.17. The van der Waals surface area contributed by atoms with Gasteiger partial charge in [-0.05, 0) is 36.1 Å². The van der Waals surface area contributed by atoms with Gasteiger partial charge in [-0.1, -0.05) is 49.4 Å². The standard InChI is InChI=1S/C16H19NO/c1-2-16(18)17-15-10-8-14(9-11-15)12-13-6-4-3-5-7-13/h3-11,16-18H,2,12H2,1H3. The maximum atomic E-state index is 9.50. The lowest BCUT2D eigenvalue weighted by Crippen LogP contribution is -2.16. The van der Waals surface area contributed by atoms with Gasteiger partial charge in [0.15, 0.2) is 0 Å². The maximum absolute atomic E-state index is 9.50. The van der Waals surface area contributed by atoms with Crippen molar-refractivity contribution in [2.75, 3.05) is 5.32 Å². The average molecular weight is 241 g/mol. The predicted octanol–water partition coefficient (Wildman–Crippen LogP) is 3.42. The minimum absolute atomic E-state index is 0.468. The molecule has 0 saturated heterocycles. The SMILES string of the molecule is CCC(O)Nc1ccc(Cc2ccccc2)cc1. The highest BCUT2D eigenvalue weighted by molar-refractivity contribution is 5.45. The molecular formula is C16H19NO. The molecule has 2 heteroatoms. The Bertz CT molecular complexity index is 464. The molecule has 18 heavy (non-hydrogen) atoms. The molecule has 0 aliphatic rings. The van der Waals surface area contributed by atoms with Crippen molar-refractivity contribution in [1.82, 2.24) is 0 Å². The van der Waals surface area contributed by atoms with Gasteiger partial charge in [0.25, 0.3) is 0 Å². The Kier molecular flexibility index (Phi) is 4.37. The lowest BCUT2D eigenvalue weighted by atomic mass is 10.0. The fourth-order valence-electron chi connectivity index (χ4n) is 1.84. The molecular weight excluding hydrogens is 222 g/mol. The zero-order valence-corrected chi connectivity index (χ0v) is 10.6. The molecule has 2 aromatic carbocycles. The number of benzene rings is 2. The summed E-state index contributed by atoms with van der Waals surface area (Å²) >= 11 is 0. The minimum Gasteiger partial charge on any atom is -0.374 e. The molecule has 1 unspecified atom stereocenters. The van der Waals surface area contributed by atoms with Crippen LogP contribution in [0.2, 0.25) is 0 Å². The quantitative estimate of drug-likeness (QED) is 0.786. The van der Waals surface area contributed by atoms with Crippen molar-refractivity contribution in [1.29, 1.82) is 0 Å². The maximum Gasteiger partial charge on any atom is 0.124 e. The van der Waals surface area contributed by atoms with Gasteiger partial charge in [0, 0.05) is 5.69 Å². The second-order valence-electron chi connectivity index (χ2n) is 4.43. The summed E-state index contributed by atoms with van der Waals surface area (Å²) in [6.45, 7) is 1.95. The third kappa shape index (κ3) is 3.60. The van der Waals surface area contributed by atoms with Gasteiger partial charge in [-0.3, -0.25) is 0 Å². The first-order chi connectivity index (χ1) is 8.78. The Morgan fingerprint density at radius 2 is 1.56 bits per heavy atom. The van der Waals surface area contributed by atoms with Crippen molar-refractivity contribution < 1.29 is 5.11 Å². The van der Waals surface area contributed by atoms with Gasteiger partial charge < -0.3 is 10.4 Å². The van der Waals surface area contributed by atoms with Gasteiger partial charge in [0.05, 0.1) is 0 Å². The summed E-state index contributed by atoms with van der Waals surface area (Å²) in [4.78, 5) is 0. The highest BCUT2D eigenvalue weighted by atomic mass is 16.3. The Morgan fingerprint density at radius 3 is 2.17 bits per heavy atom. The molecule has 2 N–H and O–H groups in total. The van der Waals surface area contributed by atoms with Crippen LogP contribution in [0.3, 0.4) is 0 Å². The summed E-state index contributed by atoms with van der Waals surface area (Å²) in [5.41, 5.74) is 3.55. The van der Waals surface area contributed by atoms with Gasteiger partial charge >= 0.3 is 0 Å². The molecule has 0 amide bonds. The second-order valence-corrected chi connectivity index (χ2v) is 4.43. The second kappa shape index (κ2) is 6.22. The number of rotatable bonds is 5. The number of aliphatic hydroxyl groups excluding tert-OH is 1. The van der Waals surface area contributed by atoms with Crippen molar-refractivity contribution >= 4 is 5.69 Å². The zero-order valence-electron chi connectivity index (χ0n) is 10.6. The number of anilines is 1. The van der Waals surface area contributed by atoms with E-state index >= 15 is 0 Å². The largest absolute Gasteiger partial charge is 0.374 e. The summed E-state index contributed by atoms with van der Waals surface area (Å²) in [6, 6.07) is 18.6. The van der Waals surface area contributed by atoms with Crippen LogP contribution in [0.4, 0.5) is 5.69 Å². The topological polar surface area (TPSA) is 32.3 Å². The van der Waals surface area contributed by atoms with E-state index in [1.807, 2.05) is 25.1 Å². The first-order valence-electron chi connectivity index (χ1n) is 6.35. The summed E-state index contributed by atoms with van der Waals surface area (Å²) in [7, 11) is 0. The van der Waals surface area contributed by atoms with Gasteiger partial charge in [-0.25, -0.2) is 0 Å². The molecule has 0 aliphatic carbocycles. The van der Waals surface area contributed by atoms with E-state index in [9.17, 15) is 5.11 Å². The first-order valence-corrected chi connectivity index (χ1v) is 6.35. The average Bonchev–Trinajstić information content (AvgIpc) is 2.42. The van der Waals surface area contributed by atoms with Crippen LogP contribution in [0, 0.1) is 0 Å². The van der Waals surface area contributed by atoms with Crippen molar-refractivity contribution in [2.45, 2.75) is 26.0 Å². The van der Waals surface area contributed by atoms with Gasteiger partial charge in [0.2, 0.25) is 0 Å². The third-order valence-electron chi connectivity index (χ3n) is 2.92. The van der Waals surface area contributed by atoms with Crippen molar-refractivity contribution in [3.8, 4) is 0 Å². The van der Waals surface area contributed by atoms with Crippen LogP contribution in [0.5, 0.6) is 0 Å². The van der Waals surface area contributed by atoms with Gasteiger partial charge in [-0.2, -0.15) is 0 Å². The lowest BCUT2D eigenvalue weighted by Gasteiger charge is -2.12. The molecule has 2 rings (SSSR count). The fraction of sp³-hybridized carbons (Fsp3) is 0.250. The molecule has 1 atom stereocenters. The normalized spacial score (nSPS) is 12.1. The number of aliphatic hydroxyl groups is 1. The molecule has 0 radical (unpaired) electrons. The monoisotopic (exact) mass is 241 g/mol. The molecule has 2 nitrogen and oxygen atoms in total. The smallest absolute Gasteiger partial charge is 0.124 e. The number of hydrogen-bond acceptors (Lipinski definition) is 2. The van der Waals surface area contributed by atoms with Crippen LogP contribution < -0.4 is 5.32 Å². The van der Waals surface area contributed by atoms with Crippen LogP contribution in [-0.4, -0.2) is 11.3 Å². The van der Waals surface area contributed by atoms with Crippen molar-refractivity contribution in [2.24, 2.45) is 0 Å². The summed E-state index contributed by atoms with van der Waals surface area (Å²) in [5.74, 6) is 0. The Labute approximate surface area is 108 Å². The zero-order chi connectivity index (χ0) is 12.8. The number of nitrogens with one attached hydrogen (secondary N) is 1. The van der Waals surface area contributed by atoms with Gasteiger partial charge in [-0.15, -0.1) is 0 Å². The Hall–Kier alpha value is -1.80. The molecule has 0 saturated carbocycles. The molecule has 0 heterocycles. The van der Waals surface area contributed by atoms with Crippen LogP contribution in [0.15, 0.2) is 54.6 Å². The minimum atomic E-state index is -0.468. The van der Waals surface area contributed by atoms with Crippen LogP contribution >= 0.6 is 0 Å². The van der Waals surface area contributed by atoms with E-state index < -0.39 is 6.23 Å². The van der Waals surface area contributed by atoms with Crippen molar-refractivity contribution in [3.63, 3.8) is 0 Å². The third-order valence-corrected chi connectivity index (χ3v) is 2.92. The molecule has 0 spiro atoms.